The second kappa shape index (κ2) is 6.56. The van der Waals surface area contributed by atoms with Gasteiger partial charge in [0.1, 0.15) is 0 Å². The smallest absolute Gasteiger partial charge is 0.165 e. The molecule has 0 radical (unpaired) electrons. The van der Waals surface area contributed by atoms with Gasteiger partial charge in [0.2, 0.25) is 0 Å². The molecule has 0 N–H and O–H groups in total. The third-order valence-corrected chi connectivity index (χ3v) is 28.2. The van der Waals surface area contributed by atoms with Gasteiger partial charge in [0, 0.05) is 0 Å². The van der Waals surface area contributed by atoms with Gasteiger partial charge in [0.15, 0.2) is 13.8 Å². The van der Waals surface area contributed by atoms with Gasteiger partial charge >= 0.3 is 0 Å². The van der Waals surface area contributed by atoms with Crippen molar-refractivity contribution >= 4 is 36.0 Å². The molecule has 0 aliphatic carbocycles. The lowest BCUT2D eigenvalue weighted by Gasteiger charge is -2.37. The minimum absolute atomic E-state index is 1.16. The van der Waals surface area contributed by atoms with E-state index in [4.69, 9.17) is 22.2 Å². The van der Waals surface area contributed by atoms with Crippen molar-refractivity contribution in [3.05, 3.63) is 0 Å². The van der Waals surface area contributed by atoms with Crippen LogP contribution in [0.3, 0.4) is 0 Å². The lowest BCUT2D eigenvalue weighted by molar-refractivity contribution is 1.03. The second-order valence-corrected chi connectivity index (χ2v) is 22.4. The third kappa shape index (κ3) is 3.26. The van der Waals surface area contributed by atoms with Crippen LogP contribution in [0.25, 0.3) is 0 Å². The van der Waals surface area contributed by atoms with Crippen LogP contribution in [0.15, 0.2) is 0 Å². The van der Waals surface area contributed by atoms with Crippen molar-refractivity contribution in [2.24, 2.45) is 0 Å². The number of hydrogen-bond donors (Lipinski definition) is 0. The van der Waals surface area contributed by atoms with Crippen LogP contribution >= 0.6 is 22.2 Å². The fourth-order valence-electron chi connectivity index (χ4n) is 2.23. The molecule has 2 atom stereocenters. The summed E-state index contributed by atoms with van der Waals surface area (Å²) in [4.78, 5) is 0. The van der Waals surface area contributed by atoms with Crippen LogP contribution in [0, 0.1) is 0 Å². The quantitative estimate of drug-likeness (QED) is 0.436. The topological polar surface area (TPSA) is 0 Å². The maximum Gasteiger partial charge on any atom is 0.165 e. The molecule has 0 fully saturated rings. The Labute approximate surface area is 101 Å². The van der Waals surface area contributed by atoms with Gasteiger partial charge in [-0.3, -0.25) is 0 Å². The van der Waals surface area contributed by atoms with Gasteiger partial charge in [-0.05, 0) is 24.2 Å². The summed E-state index contributed by atoms with van der Waals surface area (Å²) in [6.07, 6.45) is 2.41. The first kappa shape index (κ1) is 15.0. The van der Waals surface area contributed by atoms with E-state index >= 15 is 0 Å². The van der Waals surface area contributed by atoms with Crippen LogP contribution in [0.4, 0.5) is 0 Å². The fourth-order valence-corrected chi connectivity index (χ4v) is 19.9. The van der Waals surface area contributed by atoms with Crippen LogP contribution in [0.1, 0.15) is 40.5 Å². The zero-order valence-corrected chi connectivity index (χ0v) is 13.5. The van der Waals surface area contributed by atoms with Crippen molar-refractivity contribution in [1.82, 2.24) is 0 Å². The number of hydrogen-bond acceptors (Lipinski definition) is 0. The van der Waals surface area contributed by atoms with Crippen molar-refractivity contribution in [2.45, 2.75) is 64.7 Å². The van der Waals surface area contributed by atoms with Crippen molar-refractivity contribution in [1.29, 1.82) is 0 Å². The summed E-state index contributed by atoms with van der Waals surface area (Å²) >= 11 is 13.8. The summed E-state index contributed by atoms with van der Waals surface area (Å²) < 4.78 is 0. The number of halogens is 2. The molecule has 86 valence electrons. The largest absolute Gasteiger partial charge is 0.169 e. The monoisotopic (exact) mass is 270 g/mol. The third-order valence-electron chi connectivity index (χ3n) is 3.22. The molecule has 0 aliphatic rings. The predicted octanol–water partition coefficient (Wildman–Crippen LogP) is 5.29. The molecule has 0 aromatic carbocycles. The molecule has 0 aliphatic heterocycles. The molecular formula is C10H24Cl2Si2. The van der Waals surface area contributed by atoms with Crippen molar-refractivity contribution in [3.63, 3.8) is 0 Å². The molecule has 14 heavy (non-hydrogen) atoms. The van der Waals surface area contributed by atoms with Crippen LogP contribution in [0.2, 0.25) is 24.2 Å². The molecule has 0 amide bonds. The molecule has 0 aromatic rings. The van der Waals surface area contributed by atoms with Gasteiger partial charge in [-0.15, -0.1) is 0 Å². The zero-order chi connectivity index (χ0) is 11.2. The Bertz CT molecular complexity index is 148. The molecule has 0 bridgehead atoms. The fraction of sp³-hybridized carbons (Fsp3) is 1.00. The van der Waals surface area contributed by atoms with Gasteiger partial charge in [0.05, 0.1) is 0 Å². The van der Waals surface area contributed by atoms with E-state index < -0.39 is 13.8 Å². The lowest BCUT2D eigenvalue weighted by Crippen LogP contribution is -2.54. The Kier molecular flexibility index (Phi) is 7.04. The molecule has 0 spiro atoms. The van der Waals surface area contributed by atoms with E-state index in [2.05, 4.69) is 27.7 Å². The maximum atomic E-state index is 6.88. The van der Waals surface area contributed by atoms with Crippen LogP contribution < -0.4 is 0 Å². The standard InChI is InChI=1S/C10H24Cl2Si2/c1-5-9-13(11,7-3)14(12,8-4)10-6-2/h5-10H2,1-4H3. The van der Waals surface area contributed by atoms with Gasteiger partial charge in [-0.2, -0.15) is 22.2 Å². The van der Waals surface area contributed by atoms with Crippen LogP contribution in [-0.4, -0.2) is 13.8 Å². The summed E-state index contributed by atoms with van der Waals surface area (Å²) in [7, 11) is 0. The summed E-state index contributed by atoms with van der Waals surface area (Å²) in [6.45, 7) is 5.70. The highest BCUT2D eigenvalue weighted by atomic mass is 35.6. The molecule has 0 saturated carbocycles. The molecule has 0 nitrogen and oxygen atoms in total. The highest BCUT2D eigenvalue weighted by Crippen LogP contribution is 2.40. The van der Waals surface area contributed by atoms with E-state index in [-0.39, 0.29) is 0 Å². The van der Waals surface area contributed by atoms with Crippen LogP contribution in [0.5, 0.6) is 0 Å². The zero-order valence-electron chi connectivity index (χ0n) is 10.00. The van der Waals surface area contributed by atoms with Crippen molar-refractivity contribution < 1.29 is 0 Å². The number of rotatable bonds is 7. The van der Waals surface area contributed by atoms with Crippen molar-refractivity contribution in [3.8, 4) is 0 Å². The molecule has 0 rings (SSSR count). The lowest BCUT2D eigenvalue weighted by atomic mass is 10.6. The van der Waals surface area contributed by atoms with E-state index in [9.17, 15) is 0 Å². The molecular weight excluding hydrogens is 247 g/mol. The molecule has 0 saturated heterocycles. The minimum Gasteiger partial charge on any atom is -0.169 e. The van der Waals surface area contributed by atoms with Gasteiger partial charge in [-0.25, -0.2) is 0 Å². The molecule has 0 heterocycles. The first-order valence-corrected chi connectivity index (χ1v) is 13.7. The summed E-state index contributed by atoms with van der Waals surface area (Å²) in [5.41, 5.74) is 0. The summed E-state index contributed by atoms with van der Waals surface area (Å²) in [5.74, 6) is 0. The van der Waals surface area contributed by atoms with Crippen LogP contribution in [-0.2, 0) is 0 Å². The van der Waals surface area contributed by atoms with E-state index in [0.29, 0.717) is 0 Å². The van der Waals surface area contributed by atoms with E-state index in [1.807, 2.05) is 0 Å². The Morgan fingerprint density at radius 1 is 0.714 bits per heavy atom. The Balaban J connectivity index is 4.73. The average Bonchev–Trinajstić information content (AvgIpc) is 2.18. The normalized spacial score (nSPS) is 20.1. The molecule has 0 aromatic heterocycles. The molecule has 4 heteroatoms. The first-order valence-electron chi connectivity index (χ1n) is 5.87. The maximum absolute atomic E-state index is 6.88. The highest BCUT2D eigenvalue weighted by molar-refractivity contribution is 7.71. The highest BCUT2D eigenvalue weighted by Gasteiger charge is 2.50. The predicted molar refractivity (Wildman–Crippen MR) is 74.4 cm³/mol. The van der Waals surface area contributed by atoms with Gasteiger partial charge < -0.3 is 0 Å². The Morgan fingerprint density at radius 2 is 1.00 bits per heavy atom. The van der Waals surface area contributed by atoms with E-state index in [0.717, 1.165) is 12.1 Å². The second-order valence-electron chi connectivity index (χ2n) is 4.14. The van der Waals surface area contributed by atoms with Gasteiger partial charge in [-0.1, -0.05) is 40.5 Å². The Morgan fingerprint density at radius 3 is 1.14 bits per heavy atom. The minimum atomic E-state index is -1.62. The summed E-state index contributed by atoms with van der Waals surface area (Å²) in [6, 6.07) is 4.75. The summed E-state index contributed by atoms with van der Waals surface area (Å²) in [5, 5.41) is 0. The van der Waals surface area contributed by atoms with E-state index in [1.165, 1.54) is 24.9 Å². The Hall–Kier alpha value is 1.01. The van der Waals surface area contributed by atoms with Gasteiger partial charge in [0.25, 0.3) is 0 Å². The molecule has 2 unspecified atom stereocenters. The first-order chi connectivity index (χ1) is 6.49. The van der Waals surface area contributed by atoms with E-state index in [1.54, 1.807) is 0 Å². The SMILES string of the molecule is CCC[Si](Cl)(CC)[Si](Cl)(CC)CCC. The average molecular weight is 271 g/mol. The van der Waals surface area contributed by atoms with Crippen molar-refractivity contribution in [2.75, 3.05) is 0 Å².